The van der Waals surface area contributed by atoms with Gasteiger partial charge in [0.1, 0.15) is 0 Å². The molecule has 1 aromatic rings. The molecule has 4 heteroatoms. The molecule has 2 rings (SSSR count). The molecule has 0 aliphatic carbocycles. The predicted molar refractivity (Wildman–Crippen MR) is 64.4 cm³/mol. The Bertz CT molecular complexity index is 392. The van der Waals surface area contributed by atoms with Gasteiger partial charge >= 0.3 is 6.18 Å². The highest BCUT2D eigenvalue weighted by Gasteiger charge is 2.31. The second-order valence-electron chi connectivity index (χ2n) is 4.74. The van der Waals surface area contributed by atoms with Gasteiger partial charge in [-0.25, -0.2) is 0 Å². The number of alkyl halides is 3. The number of piperidine rings is 1. The first-order chi connectivity index (χ1) is 8.50. The molecule has 0 unspecified atom stereocenters. The maximum absolute atomic E-state index is 12.6. The van der Waals surface area contributed by atoms with Crippen molar-refractivity contribution < 1.29 is 13.2 Å². The van der Waals surface area contributed by atoms with Crippen LogP contribution < -0.4 is 0 Å². The first kappa shape index (κ1) is 13.4. The second kappa shape index (κ2) is 5.31. The van der Waals surface area contributed by atoms with Crippen LogP contribution in [0.25, 0.3) is 0 Å². The Morgan fingerprint density at radius 3 is 2.56 bits per heavy atom. The van der Waals surface area contributed by atoms with Gasteiger partial charge in [-0.05, 0) is 56.1 Å². The van der Waals surface area contributed by atoms with Crippen LogP contribution in [-0.2, 0) is 6.18 Å². The number of rotatable bonds is 2. The molecule has 0 bridgehead atoms. The number of hydrogen-bond donors (Lipinski definition) is 0. The number of nitrogens with zero attached hydrogens (tertiary/aromatic N) is 1. The summed E-state index contributed by atoms with van der Waals surface area (Å²) in [7, 11) is 0. The van der Waals surface area contributed by atoms with Crippen LogP contribution in [0.15, 0.2) is 18.2 Å². The van der Waals surface area contributed by atoms with E-state index in [0.717, 1.165) is 38.0 Å². The van der Waals surface area contributed by atoms with Crippen LogP contribution in [0.2, 0.25) is 0 Å². The van der Waals surface area contributed by atoms with Gasteiger partial charge in [-0.2, -0.15) is 13.2 Å². The third kappa shape index (κ3) is 3.05. The lowest BCUT2D eigenvalue weighted by atomic mass is 9.88. The number of halogens is 3. The average Bonchev–Trinajstić information content (AvgIpc) is 2.38. The largest absolute Gasteiger partial charge is 0.417 e. The molecule has 1 nitrogen and oxygen atoms in total. The summed E-state index contributed by atoms with van der Waals surface area (Å²) in [5.74, 6) is 0.253. The molecule has 1 radical (unpaired) electrons. The van der Waals surface area contributed by atoms with Gasteiger partial charge in [0, 0.05) is 0 Å². The number of likely N-dealkylation sites (tertiary alicyclic amines) is 1. The average molecular weight is 256 g/mol. The Kier molecular flexibility index (Phi) is 3.95. The molecule has 1 heterocycles. The standard InChI is InChI=1S/C14H17F3N/c1-2-18-8-6-11(7-9-18)12-4-3-5-13(10-12)14(15,16)17/h3-4,10-11H,2,6-9H2,1H3. The van der Waals surface area contributed by atoms with Crippen LogP contribution >= 0.6 is 0 Å². The van der Waals surface area contributed by atoms with Crippen molar-refractivity contribution in [3.63, 3.8) is 0 Å². The van der Waals surface area contributed by atoms with Crippen molar-refractivity contribution in [3.8, 4) is 0 Å². The Morgan fingerprint density at radius 2 is 2.00 bits per heavy atom. The Hall–Kier alpha value is -1.03. The Balaban J connectivity index is 2.10. The topological polar surface area (TPSA) is 3.24 Å². The van der Waals surface area contributed by atoms with Crippen LogP contribution in [0.4, 0.5) is 13.2 Å². The number of benzene rings is 1. The highest BCUT2D eigenvalue weighted by atomic mass is 19.4. The Labute approximate surface area is 106 Å². The van der Waals surface area contributed by atoms with Gasteiger partial charge in [-0.1, -0.05) is 19.1 Å². The minimum atomic E-state index is -4.29. The van der Waals surface area contributed by atoms with Crippen molar-refractivity contribution in [3.05, 3.63) is 35.4 Å². The summed E-state index contributed by atoms with van der Waals surface area (Å²) in [6.45, 7) is 5.07. The zero-order valence-electron chi connectivity index (χ0n) is 10.4. The summed E-state index contributed by atoms with van der Waals surface area (Å²) in [6, 6.07) is 6.69. The maximum Gasteiger partial charge on any atom is 0.417 e. The van der Waals surface area contributed by atoms with E-state index < -0.39 is 11.7 Å². The van der Waals surface area contributed by atoms with E-state index in [1.54, 1.807) is 6.07 Å². The normalized spacial score (nSPS) is 19.1. The summed E-state index contributed by atoms with van der Waals surface area (Å²) < 4.78 is 37.8. The summed E-state index contributed by atoms with van der Waals surface area (Å²) in [4.78, 5) is 2.33. The molecule has 1 fully saturated rings. The van der Waals surface area contributed by atoms with E-state index in [4.69, 9.17) is 0 Å². The summed E-state index contributed by atoms with van der Waals surface area (Å²) in [6.07, 6.45) is -2.41. The molecular weight excluding hydrogens is 239 g/mol. The minimum absolute atomic E-state index is 0.253. The molecule has 99 valence electrons. The molecular formula is C14H17F3N. The van der Waals surface area contributed by atoms with Crippen LogP contribution in [0.1, 0.15) is 36.8 Å². The molecule has 0 saturated carbocycles. The molecule has 0 N–H and O–H groups in total. The molecule has 1 saturated heterocycles. The monoisotopic (exact) mass is 256 g/mol. The van der Waals surface area contributed by atoms with Crippen LogP contribution in [0, 0.1) is 6.07 Å². The van der Waals surface area contributed by atoms with E-state index in [1.165, 1.54) is 12.1 Å². The van der Waals surface area contributed by atoms with E-state index in [2.05, 4.69) is 17.9 Å². The summed E-state index contributed by atoms with van der Waals surface area (Å²) >= 11 is 0. The zero-order chi connectivity index (χ0) is 13.2. The van der Waals surface area contributed by atoms with E-state index >= 15 is 0 Å². The summed E-state index contributed by atoms with van der Waals surface area (Å²) in [5.41, 5.74) is 0.148. The van der Waals surface area contributed by atoms with Gasteiger partial charge in [0.05, 0.1) is 5.56 Å². The van der Waals surface area contributed by atoms with Crippen molar-refractivity contribution in [1.82, 2.24) is 4.90 Å². The van der Waals surface area contributed by atoms with Gasteiger partial charge < -0.3 is 4.90 Å². The van der Waals surface area contributed by atoms with Gasteiger partial charge in [0.2, 0.25) is 0 Å². The van der Waals surface area contributed by atoms with Crippen LogP contribution in [0.5, 0.6) is 0 Å². The highest BCUT2D eigenvalue weighted by molar-refractivity contribution is 5.27. The van der Waals surface area contributed by atoms with Crippen molar-refractivity contribution in [2.45, 2.75) is 31.9 Å². The van der Waals surface area contributed by atoms with E-state index in [-0.39, 0.29) is 5.92 Å². The quantitative estimate of drug-likeness (QED) is 0.779. The van der Waals surface area contributed by atoms with Crippen molar-refractivity contribution >= 4 is 0 Å². The first-order valence-corrected chi connectivity index (χ1v) is 6.32. The van der Waals surface area contributed by atoms with Gasteiger partial charge in [-0.15, -0.1) is 0 Å². The molecule has 0 amide bonds. The third-order valence-corrected chi connectivity index (χ3v) is 3.64. The highest BCUT2D eigenvalue weighted by Crippen LogP contribution is 2.33. The molecule has 0 spiro atoms. The Morgan fingerprint density at radius 1 is 1.33 bits per heavy atom. The maximum atomic E-state index is 12.6. The number of hydrogen-bond acceptors (Lipinski definition) is 1. The van der Waals surface area contributed by atoms with Gasteiger partial charge in [-0.3, -0.25) is 0 Å². The smallest absolute Gasteiger partial charge is 0.304 e. The third-order valence-electron chi connectivity index (χ3n) is 3.64. The van der Waals surface area contributed by atoms with Crippen molar-refractivity contribution in [2.75, 3.05) is 19.6 Å². The lowest BCUT2D eigenvalue weighted by Gasteiger charge is -2.31. The fraction of sp³-hybridized carbons (Fsp3) is 0.571. The molecule has 18 heavy (non-hydrogen) atoms. The lowest BCUT2D eigenvalue weighted by Crippen LogP contribution is -2.32. The fourth-order valence-corrected chi connectivity index (χ4v) is 2.48. The van der Waals surface area contributed by atoms with Gasteiger partial charge in [0.15, 0.2) is 0 Å². The SMILES string of the molecule is CCN1CCC(c2cc[c]c(C(F)(F)F)c2)CC1. The van der Waals surface area contributed by atoms with E-state index in [9.17, 15) is 13.2 Å². The van der Waals surface area contributed by atoms with E-state index in [0.29, 0.717) is 0 Å². The van der Waals surface area contributed by atoms with Crippen molar-refractivity contribution in [1.29, 1.82) is 0 Å². The van der Waals surface area contributed by atoms with Crippen LogP contribution in [-0.4, -0.2) is 24.5 Å². The molecule has 1 aliphatic rings. The van der Waals surface area contributed by atoms with Crippen molar-refractivity contribution in [2.24, 2.45) is 0 Å². The molecule has 1 aromatic carbocycles. The molecule has 1 aliphatic heterocycles. The van der Waals surface area contributed by atoms with Gasteiger partial charge in [0.25, 0.3) is 0 Å². The summed E-state index contributed by atoms with van der Waals surface area (Å²) in [5, 5.41) is 0. The van der Waals surface area contributed by atoms with Crippen LogP contribution in [0.3, 0.4) is 0 Å². The minimum Gasteiger partial charge on any atom is -0.304 e. The molecule has 0 aromatic heterocycles. The lowest BCUT2D eigenvalue weighted by molar-refractivity contribution is -0.137. The van der Waals surface area contributed by atoms with E-state index in [1.807, 2.05) is 0 Å². The molecule has 0 atom stereocenters. The zero-order valence-corrected chi connectivity index (χ0v) is 10.4. The fourth-order valence-electron chi connectivity index (χ4n) is 2.48. The second-order valence-corrected chi connectivity index (χ2v) is 4.74. The predicted octanol–water partition coefficient (Wildman–Crippen LogP) is 3.70. The first-order valence-electron chi connectivity index (χ1n) is 6.32.